The first-order chi connectivity index (χ1) is 16.1. The SMILES string of the molecule is CC(ONC(=O)C(CNC(=O)OCC1c2ccccc2-c2ccccc21)CC(C)(C)C)C(=O)O. The lowest BCUT2D eigenvalue weighted by molar-refractivity contribution is -0.160. The molecule has 8 heteroatoms. The summed E-state index contributed by atoms with van der Waals surface area (Å²) in [7, 11) is 0. The van der Waals surface area contributed by atoms with E-state index < -0.39 is 30.0 Å². The van der Waals surface area contributed by atoms with Gasteiger partial charge in [0, 0.05) is 12.5 Å². The van der Waals surface area contributed by atoms with Gasteiger partial charge in [-0.25, -0.2) is 15.1 Å². The second-order valence-corrected chi connectivity index (χ2v) is 9.73. The maximum absolute atomic E-state index is 12.6. The molecule has 0 saturated heterocycles. The monoisotopic (exact) mass is 468 g/mol. The molecule has 2 amide bonds. The van der Waals surface area contributed by atoms with Crippen LogP contribution in [0.2, 0.25) is 0 Å². The van der Waals surface area contributed by atoms with Crippen LogP contribution in [0, 0.1) is 11.3 Å². The Morgan fingerprint density at radius 1 is 1.00 bits per heavy atom. The molecule has 1 aliphatic carbocycles. The van der Waals surface area contributed by atoms with Gasteiger partial charge in [0.1, 0.15) is 6.61 Å². The lowest BCUT2D eigenvalue weighted by Gasteiger charge is -2.25. The zero-order valence-corrected chi connectivity index (χ0v) is 20.0. The molecule has 2 aromatic carbocycles. The molecule has 0 aromatic heterocycles. The minimum Gasteiger partial charge on any atom is -0.479 e. The Morgan fingerprint density at radius 3 is 2.09 bits per heavy atom. The summed E-state index contributed by atoms with van der Waals surface area (Å²) in [4.78, 5) is 40.9. The quantitative estimate of drug-likeness (QED) is 0.478. The Bertz CT molecular complexity index is 1000. The molecule has 0 bridgehead atoms. The summed E-state index contributed by atoms with van der Waals surface area (Å²) < 4.78 is 5.54. The number of rotatable bonds is 9. The fourth-order valence-corrected chi connectivity index (χ4v) is 4.13. The number of nitrogens with one attached hydrogen (secondary N) is 2. The first-order valence-electron chi connectivity index (χ1n) is 11.3. The predicted octanol–water partition coefficient (Wildman–Crippen LogP) is 4.10. The molecule has 3 rings (SSSR count). The third-order valence-electron chi connectivity index (χ3n) is 5.75. The largest absolute Gasteiger partial charge is 0.479 e. The summed E-state index contributed by atoms with van der Waals surface area (Å²) in [5.41, 5.74) is 6.51. The summed E-state index contributed by atoms with van der Waals surface area (Å²) in [5, 5.41) is 11.6. The molecule has 2 aromatic rings. The topological polar surface area (TPSA) is 114 Å². The number of carbonyl (C=O) groups is 3. The molecule has 2 atom stereocenters. The molecule has 0 spiro atoms. The van der Waals surface area contributed by atoms with E-state index in [0.717, 1.165) is 22.3 Å². The molecule has 182 valence electrons. The van der Waals surface area contributed by atoms with Crippen molar-refractivity contribution in [2.45, 2.75) is 46.1 Å². The number of benzene rings is 2. The van der Waals surface area contributed by atoms with Gasteiger partial charge in [0.15, 0.2) is 6.10 Å². The number of hydrogen-bond acceptors (Lipinski definition) is 5. The van der Waals surface area contributed by atoms with E-state index >= 15 is 0 Å². The van der Waals surface area contributed by atoms with Gasteiger partial charge in [0.05, 0.1) is 5.92 Å². The number of fused-ring (bicyclic) bond motifs is 3. The molecule has 0 fully saturated rings. The zero-order chi connectivity index (χ0) is 24.9. The lowest BCUT2D eigenvalue weighted by atomic mass is 9.84. The fraction of sp³-hybridized carbons (Fsp3) is 0.423. The van der Waals surface area contributed by atoms with Gasteiger partial charge in [-0.1, -0.05) is 69.3 Å². The van der Waals surface area contributed by atoms with Gasteiger partial charge < -0.3 is 15.2 Å². The molecule has 8 nitrogen and oxygen atoms in total. The van der Waals surface area contributed by atoms with Crippen molar-refractivity contribution in [1.29, 1.82) is 0 Å². The Balaban J connectivity index is 1.58. The van der Waals surface area contributed by atoms with Crippen molar-refractivity contribution >= 4 is 18.0 Å². The van der Waals surface area contributed by atoms with Crippen molar-refractivity contribution < 1.29 is 29.1 Å². The summed E-state index contributed by atoms with van der Waals surface area (Å²) >= 11 is 0. The van der Waals surface area contributed by atoms with Crippen LogP contribution in [-0.4, -0.2) is 42.3 Å². The maximum Gasteiger partial charge on any atom is 0.407 e. The van der Waals surface area contributed by atoms with Crippen LogP contribution in [0.1, 0.15) is 51.2 Å². The molecule has 0 saturated carbocycles. The van der Waals surface area contributed by atoms with E-state index in [9.17, 15) is 14.4 Å². The molecule has 1 aliphatic rings. The Labute approximate surface area is 199 Å². The van der Waals surface area contributed by atoms with E-state index in [0.29, 0.717) is 6.42 Å². The average Bonchev–Trinajstić information content (AvgIpc) is 3.11. The third kappa shape index (κ3) is 6.35. The molecular weight excluding hydrogens is 436 g/mol. The smallest absolute Gasteiger partial charge is 0.407 e. The van der Waals surface area contributed by atoms with Crippen molar-refractivity contribution in [2.24, 2.45) is 11.3 Å². The van der Waals surface area contributed by atoms with Gasteiger partial charge in [-0.05, 0) is 41.0 Å². The summed E-state index contributed by atoms with van der Waals surface area (Å²) in [5.74, 6) is -2.37. The standard InChI is InChI=1S/C26H32N2O6/c1-16(24(30)31)34-28-23(29)17(13-26(2,3)4)14-27-25(32)33-15-22-20-11-7-5-9-18(20)19-10-6-8-12-21(19)22/h5-12,16-17,22H,13-15H2,1-4H3,(H,27,32)(H,28,29)(H,30,31). The van der Waals surface area contributed by atoms with Crippen molar-refractivity contribution in [2.75, 3.05) is 13.2 Å². The summed E-state index contributed by atoms with van der Waals surface area (Å²) in [6.45, 7) is 7.44. The van der Waals surface area contributed by atoms with E-state index in [-0.39, 0.29) is 24.5 Å². The number of ether oxygens (including phenoxy) is 1. The van der Waals surface area contributed by atoms with Crippen LogP contribution in [0.25, 0.3) is 11.1 Å². The predicted molar refractivity (Wildman–Crippen MR) is 127 cm³/mol. The molecule has 0 aliphatic heterocycles. The van der Waals surface area contributed by atoms with Crippen molar-refractivity contribution in [3.63, 3.8) is 0 Å². The number of carboxylic acid groups (broad SMARTS) is 1. The van der Waals surface area contributed by atoms with Crippen LogP contribution in [0.5, 0.6) is 0 Å². The number of hydrogen-bond donors (Lipinski definition) is 3. The van der Waals surface area contributed by atoms with Crippen LogP contribution < -0.4 is 10.8 Å². The first kappa shape index (κ1) is 25.2. The van der Waals surface area contributed by atoms with E-state index in [1.54, 1.807) is 0 Å². The second kappa shape index (κ2) is 10.7. The number of carbonyl (C=O) groups excluding carboxylic acids is 2. The summed E-state index contributed by atoms with van der Waals surface area (Å²) in [6.07, 6.45) is -1.35. The average molecular weight is 469 g/mol. The van der Waals surface area contributed by atoms with Crippen LogP contribution in [-0.2, 0) is 19.2 Å². The Morgan fingerprint density at radius 2 is 1.56 bits per heavy atom. The number of aliphatic carboxylic acids is 1. The molecule has 0 heterocycles. The van der Waals surface area contributed by atoms with Crippen molar-refractivity contribution in [3.05, 3.63) is 59.7 Å². The number of carboxylic acids is 1. The summed E-state index contributed by atoms with van der Waals surface area (Å²) in [6, 6.07) is 16.2. The highest BCUT2D eigenvalue weighted by Gasteiger charge is 2.30. The Hall–Kier alpha value is -3.39. The fourth-order valence-electron chi connectivity index (χ4n) is 4.13. The molecule has 3 N–H and O–H groups in total. The van der Waals surface area contributed by atoms with Crippen LogP contribution >= 0.6 is 0 Å². The minimum atomic E-state index is -1.19. The van der Waals surface area contributed by atoms with Gasteiger partial charge >= 0.3 is 12.1 Å². The molecule has 34 heavy (non-hydrogen) atoms. The van der Waals surface area contributed by atoms with E-state index in [1.165, 1.54) is 6.92 Å². The normalized spacial score (nSPS) is 14.5. The van der Waals surface area contributed by atoms with Crippen molar-refractivity contribution in [3.8, 4) is 11.1 Å². The molecule has 0 radical (unpaired) electrons. The first-order valence-corrected chi connectivity index (χ1v) is 11.3. The number of hydroxylamine groups is 1. The van der Waals surface area contributed by atoms with Gasteiger partial charge in [0.2, 0.25) is 5.91 Å². The van der Waals surface area contributed by atoms with Gasteiger partial charge in [0.25, 0.3) is 0 Å². The van der Waals surface area contributed by atoms with E-state index in [1.807, 2.05) is 57.2 Å². The lowest BCUT2D eigenvalue weighted by Crippen LogP contribution is -2.42. The van der Waals surface area contributed by atoms with Gasteiger partial charge in [-0.2, -0.15) is 0 Å². The number of amides is 2. The zero-order valence-electron chi connectivity index (χ0n) is 20.0. The molecular formula is C26H32N2O6. The maximum atomic E-state index is 12.6. The van der Waals surface area contributed by atoms with Gasteiger partial charge in [-0.15, -0.1) is 0 Å². The van der Waals surface area contributed by atoms with Crippen LogP contribution in [0.4, 0.5) is 4.79 Å². The highest BCUT2D eigenvalue weighted by atomic mass is 16.7. The van der Waals surface area contributed by atoms with Gasteiger partial charge in [-0.3, -0.25) is 9.63 Å². The van der Waals surface area contributed by atoms with Crippen molar-refractivity contribution in [1.82, 2.24) is 10.8 Å². The van der Waals surface area contributed by atoms with E-state index in [2.05, 4.69) is 22.9 Å². The second-order valence-electron chi connectivity index (χ2n) is 9.73. The molecule has 2 unspecified atom stereocenters. The third-order valence-corrected chi connectivity index (χ3v) is 5.75. The highest BCUT2D eigenvalue weighted by molar-refractivity contribution is 5.80. The minimum absolute atomic E-state index is 0.0323. The van der Waals surface area contributed by atoms with Crippen LogP contribution in [0.15, 0.2) is 48.5 Å². The van der Waals surface area contributed by atoms with E-state index in [4.69, 9.17) is 14.7 Å². The Kier molecular flexibility index (Phi) is 7.94. The van der Waals surface area contributed by atoms with Crippen LogP contribution in [0.3, 0.4) is 0 Å². The highest BCUT2D eigenvalue weighted by Crippen LogP contribution is 2.44. The number of alkyl carbamates (subject to hydrolysis) is 1.